The summed E-state index contributed by atoms with van der Waals surface area (Å²) in [6.07, 6.45) is 1.52. The van der Waals surface area contributed by atoms with Gasteiger partial charge in [0.15, 0.2) is 0 Å². The smallest absolute Gasteiger partial charge is 0.256 e. The number of nitrogens with zero attached hydrogens (tertiary/aromatic N) is 2. The lowest BCUT2D eigenvalue weighted by Gasteiger charge is -2.09. The van der Waals surface area contributed by atoms with Crippen LogP contribution in [0.25, 0.3) is 0 Å². The predicted molar refractivity (Wildman–Crippen MR) is 86.2 cm³/mol. The molecule has 0 spiro atoms. The van der Waals surface area contributed by atoms with Crippen molar-refractivity contribution in [2.45, 2.75) is 34.2 Å². The zero-order valence-electron chi connectivity index (χ0n) is 13.4. The van der Waals surface area contributed by atoms with Crippen LogP contribution in [0.15, 0.2) is 29.3 Å². The van der Waals surface area contributed by atoms with Gasteiger partial charge in [0, 0.05) is 29.9 Å². The maximum absolute atomic E-state index is 12.1. The summed E-state index contributed by atoms with van der Waals surface area (Å²) in [5, 5.41) is 2.83. The number of hydrogen-bond acceptors (Lipinski definition) is 3. The summed E-state index contributed by atoms with van der Waals surface area (Å²) < 4.78 is 1.52. The van der Waals surface area contributed by atoms with E-state index in [9.17, 15) is 9.59 Å². The number of benzene rings is 1. The van der Waals surface area contributed by atoms with Gasteiger partial charge in [0.05, 0.1) is 6.33 Å². The summed E-state index contributed by atoms with van der Waals surface area (Å²) in [5.41, 5.74) is 4.19. The molecule has 1 aromatic carbocycles. The van der Waals surface area contributed by atoms with Crippen LogP contribution >= 0.6 is 0 Å². The van der Waals surface area contributed by atoms with Crippen molar-refractivity contribution in [2.75, 3.05) is 6.54 Å². The molecule has 0 saturated heterocycles. The van der Waals surface area contributed by atoms with E-state index < -0.39 is 0 Å². The first-order chi connectivity index (χ1) is 10.4. The molecule has 1 amide bonds. The van der Waals surface area contributed by atoms with Crippen LogP contribution in [0.4, 0.5) is 0 Å². The highest BCUT2D eigenvalue weighted by Gasteiger charge is 2.07. The number of aromatic nitrogens is 2. The molecule has 0 atom stereocenters. The van der Waals surface area contributed by atoms with Gasteiger partial charge in [-0.2, -0.15) is 0 Å². The van der Waals surface area contributed by atoms with E-state index in [-0.39, 0.29) is 11.5 Å². The second-order valence-corrected chi connectivity index (χ2v) is 5.51. The molecule has 2 rings (SSSR count). The van der Waals surface area contributed by atoms with Gasteiger partial charge in [-0.15, -0.1) is 0 Å². The van der Waals surface area contributed by atoms with E-state index in [4.69, 9.17) is 0 Å². The van der Waals surface area contributed by atoms with Gasteiger partial charge in [-0.25, -0.2) is 4.98 Å². The summed E-state index contributed by atoms with van der Waals surface area (Å²) in [4.78, 5) is 28.3. The predicted octanol–water partition coefficient (Wildman–Crippen LogP) is 1.91. The standard InChI is InChI=1S/C17H21N3O2/c1-11-5-6-15(9-12(11)2)16(21)18-7-8-20-10-19-14(4)13(3)17(20)22/h5-6,9-10H,7-8H2,1-4H3,(H,18,21). The van der Waals surface area contributed by atoms with Crippen LogP contribution in [-0.4, -0.2) is 22.0 Å². The Labute approximate surface area is 130 Å². The Balaban J connectivity index is 1.99. The van der Waals surface area contributed by atoms with Crippen molar-refractivity contribution in [3.8, 4) is 0 Å². The van der Waals surface area contributed by atoms with Crippen LogP contribution < -0.4 is 10.9 Å². The molecular weight excluding hydrogens is 278 g/mol. The number of amides is 1. The summed E-state index contributed by atoms with van der Waals surface area (Å²) in [6.45, 7) is 8.35. The third-order valence-corrected chi connectivity index (χ3v) is 3.92. The van der Waals surface area contributed by atoms with Crippen LogP contribution in [0.3, 0.4) is 0 Å². The molecule has 0 unspecified atom stereocenters. The molecule has 5 nitrogen and oxygen atoms in total. The number of hydrogen-bond donors (Lipinski definition) is 1. The van der Waals surface area contributed by atoms with Crippen molar-refractivity contribution in [1.29, 1.82) is 0 Å². The van der Waals surface area contributed by atoms with E-state index >= 15 is 0 Å². The highest BCUT2D eigenvalue weighted by molar-refractivity contribution is 5.94. The van der Waals surface area contributed by atoms with E-state index in [0.29, 0.717) is 24.2 Å². The Morgan fingerprint density at radius 1 is 1.18 bits per heavy atom. The fourth-order valence-electron chi connectivity index (χ4n) is 2.11. The van der Waals surface area contributed by atoms with Crippen LogP contribution in [0.1, 0.15) is 32.7 Å². The van der Waals surface area contributed by atoms with E-state index in [1.54, 1.807) is 13.0 Å². The van der Waals surface area contributed by atoms with Crippen LogP contribution in [-0.2, 0) is 6.54 Å². The minimum atomic E-state index is -0.132. The van der Waals surface area contributed by atoms with Crippen molar-refractivity contribution in [3.05, 3.63) is 62.8 Å². The summed E-state index contributed by atoms with van der Waals surface area (Å²) in [6, 6.07) is 5.61. The fourth-order valence-corrected chi connectivity index (χ4v) is 2.11. The van der Waals surface area contributed by atoms with Crippen LogP contribution in [0.5, 0.6) is 0 Å². The number of carbonyl (C=O) groups excluding carboxylic acids is 1. The number of aryl methyl sites for hydroxylation is 3. The number of carbonyl (C=O) groups is 1. The number of rotatable bonds is 4. The van der Waals surface area contributed by atoms with Gasteiger partial charge in [-0.1, -0.05) is 6.07 Å². The zero-order chi connectivity index (χ0) is 16.3. The molecule has 1 N–H and O–H groups in total. The normalized spacial score (nSPS) is 10.5. The van der Waals surface area contributed by atoms with Gasteiger partial charge in [-0.3, -0.25) is 14.2 Å². The van der Waals surface area contributed by atoms with Gasteiger partial charge in [0.25, 0.3) is 11.5 Å². The molecule has 1 aromatic heterocycles. The highest BCUT2D eigenvalue weighted by Crippen LogP contribution is 2.09. The second kappa shape index (κ2) is 6.56. The van der Waals surface area contributed by atoms with Crippen molar-refractivity contribution in [3.63, 3.8) is 0 Å². The van der Waals surface area contributed by atoms with Crippen LogP contribution in [0.2, 0.25) is 0 Å². The van der Waals surface area contributed by atoms with Crippen molar-refractivity contribution in [2.24, 2.45) is 0 Å². The van der Waals surface area contributed by atoms with Gasteiger partial charge >= 0.3 is 0 Å². The molecule has 22 heavy (non-hydrogen) atoms. The van der Waals surface area contributed by atoms with Crippen molar-refractivity contribution in [1.82, 2.24) is 14.9 Å². The maximum Gasteiger partial charge on any atom is 0.256 e. The quantitative estimate of drug-likeness (QED) is 0.938. The molecule has 0 aliphatic heterocycles. The topological polar surface area (TPSA) is 64.0 Å². The molecule has 2 aromatic rings. The van der Waals surface area contributed by atoms with Crippen molar-refractivity contribution >= 4 is 5.91 Å². The highest BCUT2D eigenvalue weighted by atomic mass is 16.1. The lowest BCUT2D eigenvalue weighted by Crippen LogP contribution is -2.32. The zero-order valence-corrected chi connectivity index (χ0v) is 13.4. The lowest BCUT2D eigenvalue weighted by molar-refractivity contribution is 0.0952. The first-order valence-electron chi connectivity index (χ1n) is 7.28. The second-order valence-electron chi connectivity index (χ2n) is 5.51. The average molecular weight is 299 g/mol. The van der Waals surface area contributed by atoms with Gasteiger partial charge in [-0.05, 0) is 51.0 Å². The molecule has 1 heterocycles. The molecule has 0 radical (unpaired) electrons. The third kappa shape index (κ3) is 3.42. The van der Waals surface area contributed by atoms with Crippen LogP contribution in [0, 0.1) is 27.7 Å². The Bertz CT molecular complexity index is 763. The molecule has 0 saturated carbocycles. The molecule has 116 valence electrons. The Kier molecular flexibility index (Phi) is 4.75. The first-order valence-corrected chi connectivity index (χ1v) is 7.28. The molecule has 0 aliphatic rings. The van der Waals surface area contributed by atoms with Gasteiger partial charge < -0.3 is 5.32 Å². The van der Waals surface area contributed by atoms with E-state index in [1.807, 2.05) is 32.9 Å². The van der Waals surface area contributed by atoms with Gasteiger partial charge in [0.2, 0.25) is 0 Å². The SMILES string of the molecule is Cc1ccc(C(=O)NCCn2cnc(C)c(C)c2=O)cc1C. The molecular formula is C17H21N3O2. The summed E-state index contributed by atoms with van der Waals surface area (Å²) in [5.74, 6) is -0.132. The average Bonchev–Trinajstić information content (AvgIpc) is 2.50. The minimum Gasteiger partial charge on any atom is -0.350 e. The number of nitrogens with one attached hydrogen (secondary N) is 1. The first kappa shape index (κ1) is 15.9. The minimum absolute atomic E-state index is 0.0621. The summed E-state index contributed by atoms with van der Waals surface area (Å²) in [7, 11) is 0. The Morgan fingerprint density at radius 2 is 1.91 bits per heavy atom. The lowest BCUT2D eigenvalue weighted by atomic mass is 10.1. The third-order valence-electron chi connectivity index (χ3n) is 3.92. The van der Waals surface area contributed by atoms with E-state index in [1.165, 1.54) is 10.9 Å². The van der Waals surface area contributed by atoms with Crippen molar-refractivity contribution < 1.29 is 4.79 Å². The monoisotopic (exact) mass is 299 g/mol. The fraction of sp³-hybridized carbons (Fsp3) is 0.353. The maximum atomic E-state index is 12.1. The van der Waals surface area contributed by atoms with Gasteiger partial charge in [0.1, 0.15) is 0 Å². The molecule has 5 heteroatoms. The molecule has 0 aliphatic carbocycles. The largest absolute Gasteiger partial charge is 0.350 e. The molecule has 0 bridgehead atoms. The molecule has 0 fully saturated rings. The van der Waals surface area contributed by atoms with E-state index in [0.717, 1.165) is 16.8 Å². The van der Waals surface area contributed by atoms with E-state index in [2.05, 4.69) is 10.3 Å². The summed E-state index contributed by atoms with van der Waals surface area (Å²) >= 11 is 0. The Hall–Kier alpha value is -2.43. The Morgan fingerprint density at radius 3 is 2.59 bits per heavy atom.